The maximum Gasteiger partial charge on any atom is 0.260 e. The lowest BCUT2D eigenvalue weighted by Crippen LogP contribution is -2.37. The predicted molar refractivity (Wildman–Crippen MR) is 106 cm³/mol. The summed E-state index contributed by atoms with van der Waals surface area (Å²) in [5.41, 5.74) is 2.11. The first-order valence-electron chi connectivity index (χ1n) is 8.77. The van der Waals surface area contributed by atoms with E-state index in [1.54, 1.807) is 4.90 Å². The number of ether oxygens (including phenoxy) is 1. The zero-order valence-electron chi connectivity index (χ0n) is 14.7. The van der Waals surface area contributed by atoms with Crippen LogP contribution in [0.3, 0.4) is 0 Å². The van der Waals surface area contributed by atoms with Gasteiger partial charge in [-0.25, -0.2) is 9.37 Å². The number of fused-ring (bicyclic) bond motifs is 1. The third kappa shape index (κ3) is 3.70. The van der Waals surface area contributed by atoms with Gasteiger partial charge in [-0.15, -0.1) is 0 Å². The van der Waals surface area contributed by atoms with Crippen molar-refractivity contribution < 1.29 is 13.9 Å². The molecule has 27 heavy (non-hydrogen) atoms. The molecule has 0 bridgehead atoms. The largest absolute Gasteiger partial charge is 0.376 e. The highest BCUT2D eigenvalue weighted by atomic mass is 35.5. The number of hydrogen-bond acceptors (Lipinski definition) is 4. The zero-order chi connectivity index (χ0) is 19.0. The monoisotopic (exact) mass is 404 g/mol. The van der Waals surface area contributed by atoms with E-state index < -0.39 is 0 Å². The van der Waals surface area contributed by atoms with Crippen LogP contribution in [0.4, 0.5) is 9.52 Å². The quantitative estimate of drug-likeness (QED) is 0.598. The van der Waals surface area contributed by atoms with Crippen LogP contribution in [0.5, 0.6) is 0 Å². The van der Waals surface area contributed by atoms with Gasteiger partial charge in [0.05, 0.1) is 22.9 Å². The van der Waals surface area contributed by atoms with Crippen molar-refractivity contribution in [2.45, 2.75) is 25.9 Å². The van der Waals surface area contributed by atoms with E-state index in [0.29, 0.717) is 28.9 Å². The second-order valence-corrected chi connectivity index (χ2v) is 7.99. The Balaban J connectivity index is 1.74. The Bertz CT molecular complexity index is 984. The van der Waals surface area contributed by atoms with Crippen LogP contribution in [0.1, 0.15) is 28.8 Å². The lowest BCUT2D eigenvalue weighted by molar-refractivity contribution is 0.0917. The van der Waals surface area contributed by atoms with Gasteiger partial charge in [0.2, 0.25) is 0 Å². The Morgan fingerprint density at radius 3 is 2.81 bits per heavy atom. The number of nitrogens with zero attached hydrogens (tertiary/aromatic N) is 2. The SMILES string of the molecule is Cc1c(Cl)ccc2sc(N(CC3CCCO3)C(=O)c3ccc(F)cc3)nc12. The zero-order valence-corrected chi connectivity index (χ0v) is 16.3. The summed E-state index contributed by atoms with van der Waals surface area (Å²) in [5, 5.41) is 1.25. The Kier molecular flexibility index (Phi) is 5.12. The molecule has 4 nitrogen and oxygen atoms in total. The van der Waals surface area contributed by atoms with Crippen molar-refractivity contribution in [1.82, 2.24) is 4.98 Å². The summed E-state index contributed by atoms with van der Waals surface area (Å²) in [7, 11) is 0. The van der Waals surface area contributed by atoms with E-state index in [4.69, 9.17) is 16.3 Å². The number of thiazole rings is 1. The molecule has 0 spiro atoms. The average molecular weight is 405 g/mol. The van der Waals surface area contributed by atoms with Gasteiger partial charge in [0, 0.05) is 17.2 Å². The number of anilines is 1. The van der Waals surface area contributed by atoms with E-state index in [9.17, 15) is 9.18 Å². The number of aromatic nitrogens is 1. The van der Waals surface area contributed by atoms with Gasteiger partial charge < -0.3 is 4.74 Å². The molecule has 2 aromatic carbocycles. The molecule has 2 heterocycles. The van der Waals surface area contributed by atoms with Crippen LogP contribution in [0.2, 0.25) is 5.02 Å². The minimum atomic E-state index is -0.373. The highest BCUT2D eigenvalue weighted by Gasteiger charge is 2.27. The Hall–Kier alpha value is -2.02. The maximum absolute atomic E-state index is 13.3. The van der Waals surface area contributed by atoms with E-state index >= 15 is 0 Å². The smallest absolute Gasteiger partial charge is 0.260 e. The summed E-state index contributed by atoms with van der Waals surface area (Å²) < 4.78 is 20.0. The minimum absolute atomic E-state index is 0.0221. The van der Waals surface area contributed by atoms with E-state index in [-0.39, 0.29) is 17.8 Å². The van der Waals surface area contributed by atoms with Gasteiger partial charge in [-0.1, -0.05) is 22.9 Å². The van der Waals surface area contributed by atoms with Crippen LogP contribution in [-0.4, -0.2) is 30.1 Å². The van der Waals surface area contributed by atoms with E-state index in [0.717, 1.165) is 28.6 Å². The molecular formula is C20H18ClFN2O2S. The van der Waals surface area contributed by atoms with Crippen molar-refractivity contribution >= 4 is 44.2 Å². The Morgan fingerprint density at radius 2 is 2.11 bits per heavy atom. The molecule has 0 aliphatic carbocycles. The van der Waals surface area contributed by atoms with Crippen LogP contribution < -0.4 is 4.90 Å². The predicted octanol–water partition coefficient (Wildman–Crippen LogP) is 5.22. The molecule has 3 aromatic rings. The second-order valence-electron chi connectivity index (χ2n) is 6.57. The lowest BCUT2D eigenvalue weighted by Gasteiger charge is -2.23. The van der Waals surface area contributed by atoms with Gasteiger partial charge in [-0.2, -0.15) is 0 Å². The molecule has 1 unspecified atom stereocenters. The molecule has 1 atom stereocenters. The average Bonchev–Trinajstić information content (AvgIpc) is 3.33. The van der Waals surface area contributed by atoms with Crippen molar-refractivity contribution in [2.24, 2.45) is 0 Å². The van der Waals surface area contributed by atoms with Crippen molar-refractivity contribution in [3.8, 4) is 0 Å². The van der Waals surface area contributed by atoms with Crippen molar-refractivity contribution in [3.63, 3.8) is 0 Å². The van der Waals surface area contributed by atoms with Gasteiger partial charge in [-0.3, -0.25) is 9.69 Å². The highest BCUT2D eigenvalue weighted by molar-refractivity contribution is 7.22. The molecule has 0 N–H and O–H groups in total. The Morgan fingerprint density at radius 1 is 1.33 bits per heavy atom. The van der Waals surface area contributed by atoms with E-state index in [2.05, 4.69) is 4.98 Å². The highest BCUT2D eigenvalue weighted by Crippen LogP contribution is 2.34. The molecule has 140 valence electrons. The number of carbonyl (C=O) groups excluding carboxylic acids is 1. The van der Waals surface area contributed by atoms with Gasteiger partial charge in [0.15, 0.2) is 5.13 Å². The fraction of sp³-hybridized carbons (Fsp3) is 0.300. The summed E-state index contributed by atoms with van der Waals surface area (Å²) in [4.78, 5) is 19.5. The maximum atomic E-state index is 13.3. The lowest BCUT2D eigenvalue weighted by atomic mass is 10.1. The number of rotatable bonds is 4. The normalized spacial score (nSPS) is 16.8. The van der Waals surface area contributed by atoms with Crippen molar-refractivity contribution in [1.29, 1.82) is 0 Å². The van der Waals surface area contributed by atoms with Crippen LogP contribution in [-0.2, 0) is 4.74 Å². The number of amides is 1. The van der Waals surface area contributed by atoms with Gasteiger partial charge >= 0.3 is 0 Å². The summed E-state index contributed by atoms with van der Waals surface area (Å²) in [6, 6.07) is 9.33. The topological polar surface area (TPSA) is 42.4 Å². The molecule has 0 saturated carbocycles. The molecule has 1 fully saturated rings. The first-order chi connectivity index (χ1) is 13.0. The van der Waals surface area contributed by atoms with E-state index in [1.807, 2.05) is 19.1 Å². The van der Waals surface area contributed by atoms with Crippen LogP contribution in [0, 0.1) is 12.7 Å². The van der Waals surface area contributed by atoms with Gasteiger partial charge in [0.1, 0.15) is 5.82 Å². The van der Waals surface area contributed by atoms with Gasteiger partial charge in [0.25, 0.3) is 5.91 Å². The summed E-state index contributed by atoms with van der Waals surface area (Å²) >= 11 is 7.66. The number of hydrogen-bond donors (Lipinski definition) is 0. The number of carbonyl (C=O) groups is 1. The molecule has 1 aliphatic heterocycles. The molecule has 1 amide bonds. The fourth-order valence-electron chi connectivity index (χ4n) is 3.19. The van der Waals surface area contributed by atoms with Crippen molar-refractivity contribution in [3.05, 3.63) is 58.4 Å². The molecule has 0 radical (unpaired) electrons. The molecule has 1 aromatic heterocycles. The molecule has 1 saturated heterocycles. The third-order valence-electron chi connectivity index (χ3n) is 4.71. The van der Waals surface area contributed by atoms with Crippen molar-refractivity contribution in [2.75, 3.05) is 18.1 Å². The first kappa shape index (κ1) is 18.3. The Labute approximate surface area is 165 Å². The third-order valence-corrected chi connectivity index (χ3v) is 6.17. The van der Waals surface area contributed by atoms with Gasteiger partial charge in [-0.05, 0) is 61.7 Å². The molecule has 7 heteroatoms. The number of halogens is 2. The standard InChI is InChI=1S/C20H18ClFN2O2S/c1-12-16(21)8-9-17-18(12)23-20(27-17)24(11-15-3-2-10-26-15)19(25)13-4-6-14(22)7-5-13/h4-9,15H,2-3,10-11H2,1H3. The van der Waals surface area contributed by atoms with Crippen LogP contribution in [0.15, 0.2) is 36.4 Å². The molecule has 4 rings (SSSR count). The van der Waals surface area contributed by atoms with E-state index in [1.165, 1.54) is 35.6 Å². The summed E-state index contributed by atoms with van der Waals surface area (Å²) in [6.07, 6.45) is 1.87. The number of aryl methyl sites for hydroxylation is 1. The fourth-order valence-corrected chi connectivity index (χ4v) is 4.38. The van der Waals surface area contributed by atoms with Crippen LogP contribution >= 0.6 is 22.9 Å². The second kappa shape index (κ2) is 7.54. The summed E-state index contributed by atoms with van der Waals surface area (Å²) in [6.45, 7) is 3.04. The minimum Gasteiger partial charge on any atom is -0.376 e. The molecular weight excluding hydrogens is 387 g/mol. The number of benzene rings is 2. The van der Waals surface area contributed by atoms with Crippen LogP contribution in [0.25, 0.3) is 10.2 Å². The summed E-state index contributed by atoms with van der Waals surface area (Å²) in [5.74, 6) is -0.587. The first-order valence-corrected chi connectivity index (χ1v) is 9.97. The molecule has 1 aliphatic rings.